The second-order valence-corrected chi connectivity index (χ2v) is 18.0. The van der Waals surface area contributed by atoms with Crippen LogP contribution in [0.2, 0.25) is 0 Å². The minimum atomic E-state index is -4.41. The Morgan fingerprint density at radius 3 is 2.00 bits per heavy atom. The van der Waals surface area contributed by atoms with Crippen molar-refractivity contribution in [3.8, 4) is 0 Å². The molecule has 0 saturated carbocycles. The van der Waals surface area contributed by atoms with Crippen molar-refractivity contribution in [1.82, 2.24) is 0 Å². The third-order valence-corrected chi connectivity index (χ3v) is 12.5. The van der Waals surface area contributed by atoms with Crippen molar-refractivity contribution in [3.05, 3.63) is 132 Å². The van der Waals surface area contributed by atoms with Gasteiger partial charge in [-0.05, 0) is 72.0 Å². The lowest BCUT2D eigenvalue weighted by molar-refractivity contribution is -0.438. The molecule has 0 aliphatic carbocycles. The monoisotopic (exact) mass is 768 g/mol. The first kappa shape index (κ1) is 40.8. The van der Waals surface area contributed by atoms with Crippen LogP contribution in [0.25, 0.3) is 21.5 Å². The zero-order chi connectivity index (χ0) is 38.2. The van der Waals surface area contributed by atoms with Gasteiger partial charge in [0, 0.05) is 46.7 Å². The van der Waals surface area contributed by atoms with Crippen molar-refractivity contribution >= 4 is 58.9 Å². The fraction of sp³-hybridized carbons (Fsp3) is 0.341. The standard InChI is InChI=1S/C43H48N2O6S2.CH4/c1-6-18-39(53(49,50)51)45-36-28-26-32-20-13-15-22-34(32)41(36)43(4,5)38(45)24-11-9-7-8-10-23-37-42(2,3)40-33-21-14-12-19-31(33)25-27-35(40)44(37)29-16-17-30-52(46,47)48;/h7-15,19-28,39H,6,16-18,29-30H2,1-5H3,(H-,46,47,48,49,50,51);1H4. The molecule has 0 fully saturated rings. The molecule has 0 bridgehead atoms. The molecule has 54 heavy (non-hydrogen) atoms. The number of allylic oxidation sites excluding steroid dienone is 8. The highest BCUT2D eigenvalue weighted by Crippen LogP contribution is 2.52. The van der Waals surface area contributed by atoms with Gasteiger partial charge >= 0.3 is 0 Å². The Bertz CT molecular complexity index is 2440. The molecular formula is C44H52N2O6S2. The molecule has 2 heterocycles. The Kier molecular flexibility index (Phi) is 11.9. The van der Waals surface area contributed by atoms with Gasteiger partial charge in [-0.2, -0.15) is 13.0 Å². The van der Waals surface area contributed by atoms with E-state index in [9.17, 15) is 25.9 Å². The zero-order valence-corrected chi connectivity index (χ0v) is 32.6. The van der Waals surface area contributed by atoms with Crippen LogP contribution in [0.3, 0.4) is 0 Å². The second-order valence-electron chi connectivity index (χ2n) is 14.9. The SMILES string of the molecule is C.CCCC(N1\C(=C/C=C/C=C/C=C/C2=[N+](CCCCS(=O)(=O)[O-])c3ccc4ccccc4c3C2(C)C)C(C)(C)c2c1ccc1ccccc21)S(=O)(=O)O. The molecule has 10 heteroatoms. The molecule has 1 atom stereocenters. The molecule has 2 aliphatic rings. The fourth-order valence-electron chi connectivity index (χ4n) is 8.24. The largest absolute Gasteiger partial charge is 0.748 e. The van der Waals surface area contributed by atoms with Crippen LogP contribution in [0.4, 0.5) is 11.4 Å². The first-order valence-corrected chi connectivity index (χ1v) is 21.3. The van der Waals surface area contributed by atoms with Crippen LogP contribution in [0.5, 0.6) is 0 Å². The van der Waals surface area contributed by atoms with Gasteiger partial charge in [0.2, 0.25) is 5.69 Å². The Morgan fingerprint density at radius 1 is 0.778 bits per heavy atom. The summed E-state index contributed by atoms with van der Waals surface area (Å²) in [6, 6.07) is 24.6. The second kappa shape index (κ2) is 15.8. The van der Waals surface area contributed by atoms with Crippen molar-refractivity contribution in [2.24, 2.45) is 0 Å². The Labute approximate surface area is 321 Å². The highest BCUT2D eigenvalue weighted by Gasteiger charge is 2.47. The summed E-state index contributed by atoms with van der Waals surface area (Å²) in [7, 11) is -8.68. The van der Waals surface area contributed by atoms with Gasteiger partial charge in [0.15, 0.2) is 11.1 Å². The summed E-state index contributed by atoms with van der Waals surface area (Å²) in [4.78, 5) is 1.80. The number of rotatable bonds is 13. The summed E-state index contributed by atoms with van der Waals surface area (Å²) in [5.74, 6) is -0.377. The van der Waals surface area contributed by atoms with Crippen LogP contribution in [0.15, 0.2) is 121 Å². The predicted molar refractivity (Wildman–Crippen MR) is 222 cm³/mol. The maximum Gasteiger partial charge on any atom is 0.286 e. The van der Waals surface area contributed by atoms with Crippen LogP contribution in [-0.4, -0.2) is 53.9 Å². The molecule has 4 aromatic carbocycles. The van der Waals surface area contributed by atoms with Gasteiger partial charge in [-0.1, -0.05) is 120 Å². The van der Waals surface area contributed by atoms with Gasteiger partial charge in [-0.3, -0.25) is 4.55 Å². The van der Waals surface area contributed by atoms with Crippen molar-refractivity contribution in [1.29, 1.82) is 0 Å². The normalized spacial score (nSPS) is 18.1. The third kappa shape index (κ3) is 7.89. The molecule has 0 amide bonds. The van der Waals surface area contributed by atoms with E-state index in [0.717, 1.165) is 44.5 Å². The number of unbranched alkanes of at least 4 members (excludes halogenated alkanes) is 1. The topological polar surface area (TPSA) is 118 Å². The van der Waals surface area contributed by atoms with Crippen molar-refractivity contribution < 1.29 is 30.5 Å². The van der Waals surface area contributed by atoms with Crippen molar-refractivity contribution in [3.63, 3.8) is 0 Å². The van der Waals surface area contributed by atoms with Gasteiger partial charge in [0.05, 0.1) is 15.5 Å². The summed E-state index contributed by atoms with van der Waals surface area (Å²) in [5, 5.41) is 3.33. The molecule has 4 aromatic rings. The van der Waals surface area contributed by atoms with E-state index in [0.29, 0.717) is 25.8 Å². The zero-order valence-electron chi connectivity index (χ0n) is 31.0. The minimum Gasteiger partial charge on any atom is -0.748 e. The van der Waals surface area contributed by atoms with Crippen molar-refractivity contribution in [2.45, 2.75) is 83.9 Å². The highest BCUT2D eigenvalue weighted by molar-refractivity contribution is 7.86. The number of fused-ring (bicyclic) bond motifs is 6. The van der Waals surface area contributed by atoms with Crippen LogP contribution < -0.4 is 4.90 Å². The predicted octanol–water partition coefficient (Wildman–Crippen LogP) is 9.70. The van der Waals surface area contributed by atoms with Gasteiger partial charge in [-0.25, -0.2) is 8.42 Å². The Hall–Kier alpha value is -4.35. The molecule has 6 rings (SSSR count). The lowest BCUT2D eigenvalue weighted by Gasteiger charge is -2.32. The van der Waals surface area contributed by atoms with E-state index < -0.39 is 31.0 Å². The molecule has 2 aliphatic heterocycles. The Morgan fingerprint density at radius 2 is 1.37 bits per heavy atom. The molecule has 0 spiro atoms. The van der Waals surface area contributed by atoms with E-state index in [-0.39, 0.29) is 25.0 Å². The minimum absolute atomic E-state index is 0. The van der Waals surface area contributed by atoms with E-state index in [1.54, 1.807) is 4.90 Å². The molecular weight excluding hydrogens is 717 g/mol. The van der Waals surface area contributed by atoms with Crippen LogP contribution in [0.1, 0.15) is 78.9 Å². The number of hydrogen-bond acceptors (Lipinski definition) is 6. The first-order chi connectivity index (χ1) is 25.1. The highest BCUT2D eigenvalue weighted by atomic mass is 32.2. The lowest BCUT2D eigenvalue weighted by Crippen LogP contribution is -2.40. The summed E-state index contributed by atoms with van der Waals surface area (Å²) in [5.41, 5.74) is 5.08. The van der Waals surface area contributed by atoms with Crippen LogP contribution in [-0.2, 0) is 31.1 Å². The van der Waals surface area contributed by atoms with Gasteiger partial charge in [-0.15, -0.1) is 0 Å². The average Bonchev–Trinajstić information content (AvgIpc) is 3.46. The summed E-state index contributed by atoms with van der Waals surface area (Å²) >= 11 is 0. The Balaban J connectivity index is 0.00000561. The van der Waals surface area contributed by atoms with E-state index >= 15 is 0 Å². The van der Waals surface area contributed by atoms with E-state index in [1.807, 2.05) is 79.8 Å². The average molecular weight is 769 g/mol. The molecule has 1 unspecified atom stereocenters. The summed E-state index contributed by atoms with van der Waals surface area (Å²) in [6.07, 6.45) is 15.4. The summed E-state index contributed by atoms with van der Waals surface area (Å²) in [6.45, 7) is 11.1. The number of hydrogen-bond donors (Lipinski definition) is 1. The van der Waals surface area contributed by atoms with E-state index in [1.165, 1.54) is 10.9 Å². The van der Waals surface area contributed by atoms with Gasteiger partial charge in [0.1, 0.15) is 6.54 Å². The van der Waals surface area contributed by atoms with Crippen LogP contribution >= 0.6 is 0 Å². The molecule has 0 saturated heterocycles. The molecule has 8 nitrogen and oxygen atoms in total. The van der Waals surface area contributed by atoms with E-state index in [2.05, 4.69) is 74.7 Å². The number of nitrogens with zero attached hydrogens (tertiary/aromatic N) is 2. The van der Waals surface area contributed by atoms with Gasteiger partial charge in [0.25, 0.3) is 10.1 Å². The third-order valence-electron chi connectivity index (χ3n) is 10.6. The van der Waals surface area contributed by atoms with Crippen molar-refractivity contribution in [2.75, 3.05) is 17.2 Å². The fourth-order valence-corrected chi connectivity index (χ4v) is 9.83. The van der Waals surface area contributed by atoms with Gasteiger partial charge < -0.3 is 9.45 Å². The smallest absolute Gasteiger partial charge is 0.286 e. The number of benzene rings is 4. The number of anilines is 1. The molecule has 286 valence electrons. The lowest BCUT2D eigenvalue weighted by atomic mass is 9.79. The quantitative estimate of drug-likeness (QED) is 0.0623. The molecule has 1 N–H and O–H groups in total. The maximum atomic E-state index is 12.8. The van der Waals surface area contributed by atoms with E-state index in [4.69, 9.17) is 0 Å². The first-order valence-electron chi connectivity index (χ1n) is 18.2. The maximum absolute atomic E-state index is 12.8. The van der Waals surface area contributed by atoms with Crippen LogP contribution in [0, 0.1) is 0 Å². The molecule has 0 radical (unpaired) electrons. The molecule has 0 aromatic heterocycles. The summed E-state index contributed by atoms with van der Waals surface area (Å²) < 4.78 is 72.1.